The molecule has 2 amide bonds. The Hall–Kier alpha value is -0.770. The van der Waals surface area contributed by atoms with Crippen molar-refractivity contribution in [3.05, 3.63) is 27.1 Å². The second-order valence-electron chi connectivity index (χ2n) is 4.58. The fourth-order valence-electron chi connectivity index (χ4n) is 1.97. The Morgan fingerprint density at radius 1 is 1.29 bits per heavy atom. The van der Waals surface area contributed by atoms with Gasteiger partial charge in [-0.3, -0.25) is 14.5 Å². The molecule has 1 atom stereocenters. The van der Waals surface area contributed by atoms with Crippen molar-refractivity contribution in [2.75, 3.05) is 7.05 Å². The largest absolute Gasteiger partial charge is 0.284 e. The molecule has 0 spiro atoms. The van der Waals surface area contributed by atoms with Gasteiger partial charge < -0.3 is 0 Å². The number of sulfonamides is 1. The number of amides is 2. The van der Waals surface area contributed by atoms with Crippen molar-refractivity contribution in [1.29, 1.82) is 0 Å². The first kappa shape index (κ1) is 16.6. The standard InChI is InChI=1S/C12H12Br2N2O4S/c1-16-11(17)5-3-9(12(16)18)15-21(19,20)10-4-2-7(13)6-8(10)14/h2,4,6,9,15H,3,5H2,1H3. The highest BCUT2D eigenvalue weighted by molar-refractivity contribution is 9.11. The molecule has 1 fully saturated rings. The number of nitrogens with zero attached hydrogens (tertiary/aromatic N) is 1. The normalized spacial score (nSPS) is 20.0. The number of piperidine rings is 1. The summed E-state index contributed by atoms with van der Waals surface area (Å²) >= 11 is 6.43. The lowest BCUT2D eigenvalue weighted by Gasteiger charge is -2.28. The van der Waals surface area contributed by atoms with Gasteiger partial charge in [0.15, 0.2) is 0 Å². The number of rotatable bonds is 3. The van der Waals surface area contributed by atoms with Crippen LogP contribution < -0.4 is 4.72 Å². The Kier molecular flexibility index (Phi) is 4.86. The third-order valence-corrected chi connectivity index (χ3v) is 6.07. The van der Waals surface area contributed by atoms with Crippen LogP contribution in [0.1, 0.15) is 12.8 Å². The van der Waals surface area contributed by atoms with E-state index in [4.69, 9.17) is 0 Å². The number of likely N-dealkylation sites (N-methyl/N-ethyl adjacent to an activating group) is 1. The maximum absolute atomic E-state index is 12.4. The van der Waals surface area contributed by atoms with E-state index in [0.29, 0.717) is 4.47 Å². The summed E-state index contributed by atoms with van der Waals surface area (Å²) in [5.74, 6) is -0.844. The zero-order chi connectivity index (χ0) is 15.8. The van der Waals surface area contributed by atoms with E-state index in [0.717, 1.165) is 9.37 Å². The average Bonchev–Trinajstić information content (AvgIpc) is 2.39. The van der Waals surface area contributed by atoms with E-state index in [1.807, 2.05) is 0 Å². The van der Waals surface area contributed by atoms with Crippen LogP contribution in [0.15, 0.2) is 32.0 Å². The van der Waals surface area contributed by atoms with Crippen LogP contribution in [0.2, 0.25) is 0 Å². The molecule has 0 aliphatic carbocycles. The fraction of sp³-hybridized carbons (Fsp3) is 0.333. The van der Waals surface area contributed by atoms with E-state index in [1.54, 1.807) is 12.1 Å². The van der Waals surface area contributed by atoms with Gasteiger partial charge in [0.1, 0.15) is 6.04 Å². The van der Waals surface area contributed by atoms with Crippen molar-refractivity contribution in [2.24, 2.45) is 0 Å². The highest BCUT2D eigenvalue weighted by Gasteiger charge is 2.35. The summed E-state index contributed by atoms with van der Waals surface area (Å²) in [6, 6.07) is 3.71. The van der Waals surface area contributed by atoms with E-state index in [1.165, 1.54) is 13.1 Å². The molecule has 1 unspecified atom stereocenters. The quantitative estimate of drug-likeness (QED) is 0.725. The molecule has 1 aromatic carbocycles. The zero-order valence-electron chi connectivity index (χ0n) is 11.0. The Morgan fingerprint density at radius 3 is 2.57 bits per heavy atom. The topological polar surface area (TPSA) is 83.6 Å². The molecule has 9 heteroatoms. The maximum Gasteiger partial charge on any atom is 0.247 e. The van der Waals surface area contributed by atoms with E-state index in [2.05, 4.69) is 36.6 Å². The van der Waals surface area contributed by atoms with Gasteiger partial charge in [0.05, 0.1) is 4.90 Å². The molecule has 21 heavy (non-hydrogen) atoms. The lowest BCUT2D eigenvalue weighted by Crippen LogP contribution is -2.52. The van der Waals surface area contributed by atoms with Crippen LogP contribution in [0.3, 0.4) is 0 Å². The number of hydrogen-bond acceptors (Lipinski definition) is 4. The number of likely N-dealkylation sites (tertiary alicyclic amines) is 1. The summed E-state index contributed by atoms with van der Waals surface area (Å²) in [6.07, 6.45) is 0.298. The van der Waals surface area contributed by atoms with Crippen molar-refractivity contribution >= 4 is 53.7 Å². The van der Waals surface area contributed by atoms with Crippen LogP contribution in [0.4, 0.5) is 0 Å². The molecule has 114 valence electrons. The molecule has 0 saturated carbocycles. The van der Waals surface area contributed by atoms with Gasteiger partial charge in [0, 0.05) is 22.4 Å². The highest BCUT2D eigenvalue weighted by Crippen LogP contribution is 2.26. The number of nitrogens with one attached hydrogen (secondary N) is 1. The van der Waals surface area contributed by atoms with Gasteiger partial charge in [0.2, 0.25) is 21.8 Å². The second kappa shape index (κ2) is 6.15. The van der Waals surface area contributed by atoms with Crippen molar-refractivity contribution in [3.8, 4) is 0 Å². The molecule has 1 saturated heterocycles. The van der Waals surface area contributed by atoms with Crippen LogP contribution in [-0.4, -0.2) is 38.2 Å². The number of carbonyl (C=O) groups is 2. The van der Waals surface area contributed by atoms with Gasteiger partial charge in [0.25, 0.3) is 0 Å². The SMILES string of the molecule is CN1C(=O)CCC(NS(=O)(=O)c2ccc(Br)cc2Br)C1=O. The van der Waals surface area contributed by atoms with Crippen molar-refractivity contribution in [1.82, 2.24) is 9.62 Å². The monoisotopic (exact) mass is 438 g/mol. The molecule has 0 bridgehead atoms. The Morgan fingerprint density at radius 2 is 1.95 bits per heavy atom. The summed E-state index contributed by atoms with van der Waals surface area (Å²) in [7, 11) is -2.51. The van der Waals surface area contributed by atoms with Crippen molar-refractivity contribution in [2.45, 2.75) is 23.8 Å². The second-order valence-corrected chi connectivity index (χ2v) is 8.03. The van der Waals surface area contributed by atoms with Crippen molar-refractivity contribution < 1.29 is 18.0 Å². The number of halogens is 2. The van der Waals surface area contributed by atoms with Crippen LogP contribution in [-0.2, 0) is 19.6 Å². The van der Waals surface area contributed by atoms with Gasteiger partial charge in [-0.2, -0.15) is 4.72 Å². The van der Waals surface area contributed by atoms with Crippen LogP contribution >= 0.6 is 31.9 Å². The van der Waals surface area contributed by atoms with E-state index in [-0.39, 0.29) is 23.6 Å². The smallest absolute Gasteiger partial charge is 0.247 e. The average molecular weight is 440 g/mol. The van der Waals surface area contributed by atoms with Crippen molar-refractivity contribution in [3.63, 3.8) is 0 Å². The molecule has 2 rings (SSSR count). The molecule has 1 aliphatic rings. The van der Waals surface area contributed by atoms with E-state index >= 15 is 0 Å². The number of carbonyl (C=O) groups excluding carboxylic acids is 2. The third-order valence-electron chi connectivity index (χ3n) is 3.13. The maximum atomic E-state index is 12.4. The predicted molar refractivity (Wildman–Crippen MR) is 83.0 cm³/mol. The molecule has 0 radical (unpaired) electrons. The summed E-state index contributed by atoms with van der Waals surface area (Å²) in [5.41, 5.74) is 0. The molecule has 1 aromatic rings. The lowest BCUT2D eigenvalue weighted by atomic mass is 10.1. The van der Waals surface area contributed by atoms with Crippen LogP contribution in [0, 0.1) is 0 Å². The number of imide groups is 1. The lowest BCUT2D eigenvalue weighted by molar-refractivity contribution is -0.147. The number of benzene rings is 1. The Bertz CT molecular complexity index is 705. The van der Waals surface area contributed by atoms with E-state index in [9.17, 15) is 18.0 Å². The van der Waals surface area contributed by atoms with Gasteiger partial charge in [-0.15, -0.1) is 0 Å². The van der Waals surface area contributed by atoms with Gasteiger partial charge in [-0.1, -0.05) is 15.9 Å². The molecule has 0 aromatic heterocycles. The first-order valence-electron chi connectivity index (χ1n) is 6.00. The van der Waals surface area contributed by atoms with Gasteiger partial charge >= 0.3 is 0 Å². The Labute approximate surface area is 139 Å². The Balaban J connectivity index is 2.25. The van der Waals surface area contributed by atoms with E-state index < -0.39 is 22.0 Å². The molecule has 6 nitrogen and oxygen atoms in total. The summed E-state index contributed by atoms with van der Waals surface area (Å²) in [5, 5.41) is 0. The first-order chi connectivity index (χ1) is 9.72. The summed E-state index contributed by atoms with van der Waals surface area (Å²) < 4.78 is 28.2. The minimum atomic E-state index is -3.86. The van der Waals surface area contributed by atoms with Gasteiger partial charge in [-0.25, -0.2) is 8.42 Å². The summed E-state index contributed by atoms with van der Waals surface area (Å²) in [6.45, 7) is 0. The molecular formula is C12H12Br2N2O4S. The molecule has 1 aliphatic heterocycles. The minimum Gasteiger partial charge on any atom is -0.284 e. The van der Waals surface area contributed by atoms with Crippen LogP contribution in [0.25, 0.3) is 0 Å². The molecular weight excluding hydrogens is 428 g/mol. The number of hydrogen-bond donors (Lipinski definition) is 1. The highest BCUT2D eigenvalue weighted by atomic mass is 79.9. The zero-order valence-corrected chi connectivity index (χ0v) is 15.0. The predicted octanol–water partition coefficient (Wildman–Crippen LogP) is 1.64. The summed E-state index contributed by atoms with van der Waals surface area (Å²) in [4.78, 5) is 24.3. The molecule has 1 N–H and O–H groups in total. The third kappa shape index (κ3) is 3.53. The first-order valence-corrected chi connectivity index (χ1v) is 9.07. The van der Waals surface area contributed by atoms with Gasteiger partial charge in [-0.05, 0) is 40.5 Å². The fourth-order valence-corrected chi connectivity index (χ4v) is 4.94. The minimum absolute atomic E-state index is 0.0399. The molecule has 1 heterocycles. The van der Waals surface area contributed by atoms with Crippen LogP contribution in [0.5, 0.6) is 0 Å².